The second-order valence-corrected chi connectivity index (χ2v) is 3.46. The van der Waals surface area contributed by atoms with Crippen molar-refractivity contribution >= 4 is 8.38 Å². The lowest BCUT2D eigenvalue weighted by Gasteiger charge is -2.09. The molecule has 9 heavy (non-hydrogen) atoms. The first-order chi connectivity index (χ1) is 4.16. The normalized spacial score (nSPS) is 17.3. The molecule has 2 unspecified atom stereocenters. The van der Waals surface area contributed by atoms with Gasteiger partial charge < -0.3 is 9.42 Å². The SMILES string of the molecule is CCC(C)COP(C)O. The van der Waals surface area contributed by atoms with Gasteiger partial charge in [-0.05, 0) is 5.92 Å². The zero-order chi connectivity index (χ0) is 7.28. The molecule has 0 amide bonds. The molecular formula is C6H15O2P. The Kier molecular flexibility index (Phi) is 5.36. The van der Waals surface area contributed by atoms with Gasteiger partial charge in [0.2, 0.25) is 0 Å². The molecule has 0 aliphatic rings. The van der Waals surface area contributed by atoms with Crippen molar-refractivity contribution < 1.29 is 9.42 Å². The van der Waals surface area contributed by atoms with Gasteiger partial charge in [0, 0.05) is 6.66 Å². The Morgan fingerprint density at radius 1 is 1.67 bits per heavy atom. The van der Waals surface area contributed by atoms with Crippen LogP contribution in [0.5, 0.6) is 0 Å². The molecule has 0 aromatic heterocycles. The van der Waals surface area contributed by atoms with Crippen LogP contribution in [0.2, 0.25) is 0 Å². The van der Waals surface area contributed by atoms with Crippen LogP contribution < -0.4 is 0 Å². The predicted octanol–water partition coefficient (Wildman–Crippen LogP) is 1.98. The lowest BCUT2D eigenvalue weighted by molar-refractivity contribution is 0.257. The average Bonchev–Trinajstić information content (AvgIpc) is 1.83. The van der Waals surface area contributed by atoms with E-state index in [9.17, 15) is 0 Å². The summed E-state index contributed by atoms with van der Waals surface area (Å²) in [5.41, 5.74) is 0. The van der Waals surface area contributed by atoms with E-state index in [0.29, 0.717) is 12.5 Å². The molecule has 0 radical (unpaired) electrons. The van der Waals surface area contributed by atoms with Crippen LogP contribution in [-0.4, -0.2) is 18.2 Å². The van der Waals surface area contributed by atoms with Gasteiger partial charge in [-0.15, -0.1) is 0 Å². The Bertz CT molecular complexity index is 66.1. The van der Waals surface area contributed by atoms with Crippen LogP contribution in [0.3, 0.4) is 0 Å². The van der Waals surface area contributed by atoms with E-state index in [0.717, 1.165) is 6.42 Å². The van der Waals surface area contributed by atoms with Crippen LogP contribution >= 0.6 is 8.38 Å². The standard InChI is InChI=1S/C6H15O2P/c1-4-6(2)5-8-9(3)7/h6-7H,4-5H2,1-3H3. The van der Waals surface area contributed by atoms with Crippen LogP contribution in [0.25, 0.3) is 0 Å². The van der Waals surface area contributed by atoms with Gasteiger partial charge in [0.05, 0.1) is 6.61 Å². The van der Waals surface area contributed by atoms with Gasteiger partial charge in [-0.2, -0.15) is 0 Å². The summed E-state index contributed by atoms with van der Waals surface area (Å²) in [5.74, 6) is 0.571. The summed E-state index contributed by atoms with van der Waals surface area (Å²) in [6, 6.07) is 0. The third-order valence-electron chi connectivity index (χ3n) is 1.24. The molecule has 3 heteroatoms. The highest BCUT2D eigenvalue weighted by Gasteiger charge is 2.00. The third-order valence-corrected chi connectivity index (χ3v) is 1.77. The molecule has 0 aliphatic heterocycles. The Labute approximate surface area is 58.1 Å². The van der Waals surface area contributed by atoms with Crippen LogP contribution in [0.15, 0.2) is 0 Å². The van der Waals surface area contributed by atoms with Crippen molar-refractivity contribution in [2.24, 2.45) is 5.92 Å². The molecule has 0 saturated carbocycles. The average molecular weight is 150 g/mol. The third kappa shape index (κ3) is 6.23. The predicted molar refractivity (Wildman–Crippen MR) is 40.5 cm³/mol. The second kappa shape index (κ2) is 5.16. The van der Waals surface area contributed by atoms with Crippen molar-refractivity contribution in [3.63, 3.8) is 0 Å². The van der Waals surface area contributed by atoms with Gasteiger partial charge in [0.15, 0.2) is 8.38 Å². The monoisotopic (exact) mass is 150 g/mol. The molecule has 2 atom stereocenters. The molecule has 0 aromatic carbocycles. The van der Waals surface area contributed by atoms with Crippen molar-refractivity contribution in [1.29, 1.82) is 0 Å². The van der Waals surface area contributed by atoms with Crippen molar-refractivity contribution in [2.45, 2.75) is 20.3 Å². The first-order valence-electron chi connectivity index (χ1n) is 3.22. The molecule has 0 saturated heterocycles. The molecule has 0 heterocycles. The number of hydrogen-bond acceptors (Lipinski definition) is 2. The first kappa shape index (κ1) is 9.35. The molecule has 56 valence electrons. The van der Waals surface area contributed by atoms with Crippen molar-refractivity contribution in [1.82, 2.24) is 0 Å². The van der Waals surface area contributed by atoms with Gasteiger partial charge >= 0.3 is 0 Å². The fourth-order valence-corrected chi connectivity index (χ4v) is 0.823. The molecule has 0 fully saturated rings. The molecule has 1 N–H and O–H groups in total. The summed E-state index contributed by atoms with van der Waals surface area (Å²) >= 11 is 0. The molecule has 2 nitrogen and oxygen atoms in total. The Morgan fingerprint density at radius 2 is 2.22 bits per heavy atom. The van der Waals surface area contributed by atoms with Crippen molar-refractivity contribution in [3.05, 3.63) is 0 Å². The van der Waals surface area contributed by atoms with Gasteiger partial charge in [0.25, 0.3) is 0 Å². The Morgan fingerprint density at radius 3 is 2.56 bits per heavy atom. The summed E-state index contributed by atoms with van der Waals surface area (Å²) < 4.78 is 5.01. The summed E-state index contributed by atoms with van der Waals surface area (Å²) in [5, 5.41) is 0. The maximum Gasteiger partial charge on any atom is 0.164 e. The van der Waals surface area contributed by atoms with E-state index in [-0.39, 0.29) is 0 Å². The van der Waals surface area contributed by atoms with E-state index in [1.165, 1.54) is 0 Å². The molecular weight excluding hydrogens is 135 g/mol. The zero-order valence-electron chi connectivity index (χ0n) is 6.29. The number of rotatable bonds is 4. The van der Waals surface area contributed by atoms with Crippen LogP contribution in [-0.2, 0) is 4.52 Å². The highest BCUT2D eigenvalue weighted by molar-refractivity contribution is 7.45. The van der Waals surface area contributed by atoms with Gasteiger partial charge in [-0.25, -0.2) is 0 Å². The Hall–Kier alpha value is 0.350. The molecule has 0 aromatic rings. The van der Waals surface area contributed by atoms with E-state index in [4.69, 9.17) is 9.42 Å². The van der Waals surface area contributed by atoms with Crippen molar-refractivity contribution in [3.8, 4) is 0 Å². The van der Waals surface area contributed by atoms with E-state index in [1.54, 1.807) is 6.66 Å². The van der Waals surface area contributed by atoms with E-state index in [2.05, 4.69) is 13.8 Å². The van der Waals surface area contributed by atoms with Crippen LogP contribution in [0, 0.1) is 5.92 Å². The summed E-state index contributed by atoms with van der Waals surface area (Å²) in [6.07, 6.45) is 1.11. The van der Waals surface area contributed by atoms with Gasteiger partial charge in [-0.3, -0.25) is 0 Å². The fourth-order valence-electron chi connectivity index (χ4n) is 0.353. The molecule has 0 bridgehead atoms. The maximum atomic E-state index is 8.74. The van der Waals surface area contributed by atoms with E-state index < -0.39 is 8.38 Å². The first-order valence-corrected chi connectivity index (χ1v) is 4.88. The minimum atomic E-state index is -1.14. The lowest BCUT2D eigenvalue weighted by atomic mass is 10.1. The summed E-state index contributed by atoms with van der Waals surface area (Å²) in [6.45, 7) is 6.61. The van der Waals surface area contributed by atoms with Gasteiger partial charge in [0.1, 0.15) is 0 Å². The fraction of sp³-hybridized carbons (Fsp3) is 1.00. The minimum absolute atomic E-state index is 0.571. The molecule has 0 aliphatic carbocycles. The topological polar surface area (TPSA) is 29.5 Å². The quantitative estimate of drug-likeness (QED) is 0.621. The smallest absolute Gasteiger partial charge is 0.164 e. The van der Waals surface area contributed by atoms with Gasteiger partial charge in [-0.1, -0.05) is 20.3 Å². The van der Waals surface area contributed by atoms with Crippen LogP contribution in [0.4, 0.5) is 0 Å². The summed E-state index contributed by atoms with van der Waals surface area (Å²) in [4.78, 5) is 8.74. The largest absolute Gasteiger partial charge is 0.350 e. The number of hydrogen-bond donors (Lipinski definition) is 1. The van der Waals surface area contributed by atoms with E-state index >= 15 is 0 Å². The van der Waals surface area contributed by atoms with Crippen molar-refractivity contribution in [2.75, 3.05) is 13.3 Å². The summed E-state index contributed by atoms with van der Waals surface area (Å²) in [7, 11) is -1.14. The molecule has 0 spiro atoms. The zero-order valence-corrected chi connectivity index (χ0v) is 7.19. The maximum absolute atomic E-state index is 8.74. The van der Waals surface area contributed by atoms with Crippen LogP contribution in [0.1, 0.15) is 20.3 Å². The Balaban J connectivity index is 3.06. The second-order valence-electron chi connectivity index (χ2n) is 2.27. The highest BCUT2D eigenvalue weighted by atomic mass is 31.2. The highest BCUT2D eigenvalue weighted by Crippen LogP contribution is 2.26. The minimum Gasteiger partial charge on any atom is -0.350 e. The van der Waals surface area contributed by atoms with E-state index in [1.807, 2.05) is 0 Å². The molecule has 0 rings (SSSR count). The lowest BCUT2D eigenvalue weighted by Crippen LogP contribution is -2.00.